The molecule has 5 nitrogen and oxygen atoms in total. The number of rotatable bonds is 5. The summed E-state index contributed by atoms with van der Waals surface area (Å²) in [6.45, 7) is 4.16. The lowest BCUT2D eigenvalue weighted by Crippen LogP contribution is -2.02. The molecule has 0 radical (unpaired) electrons. The van der Waals surface area contributed by atoms with E-state index in [1.165, 1.54) is 0 Å². The van der Waals surface area contributed by atoms with Gasteiger partial charge in [-0.3, -0.25) is 10.1 Å². The molecule has 2 aromatic carbocycles. The van der Waals surface area contributed by atoms with Crippen LogP contribution in [0.4, 0.5) is 11.4 Å². The van der Waals surface area contributed by atoms with Crippen molar-refractivity contribution in [2.75, 3.05) is 12.4 Å². The minimum Gasteiger partial charge on any atom is -0.497 e. The Kier molecular flexibility index (Phi) is 4.42. The molecule has 0 aliphatic rings. The molecular weight excluding hydrogens is 268 g/mol. The van der Waals surface area contributed by atoms with E-state index in [-0.39, 0.29) is 10.6 Å². The van der Waals surface area contributed by atoms with Crippen LogP contribution in [0.25, 0.3) is 0 Å². The number of ether oxygens (including phenoxy) is 1. The van der Waals surface area contributed by atoms with Crippen molar-refractivity contribution in [2.45, 2.75) is 20.4 Å². The Morgan fingerprint density at radius 2 is 1.71 bits per heavy atom. The molecule has 0 aliphatic carbocycles. The fourth-order valence-corrected chi connectivity index (χ4v) is 2.29. The van der Waals surface area contributed by atoms with Gasteiger partial charge in [-0.1, -0.05) is 12.1 Å². The zero-order chi connectivity index (χ0) is 15.4. The van der Waals surface area contributed by atoms with Crippen LogP contribution in [0, 0.1) is 24.0 Å². The van der Waals surface area contributed by atoms with Gasteiger partial charge in [0, 0.05) is 23.4 Å². The van der Waals surface area contributed by atoms with Gasteiger partial charge in [0.05, 0.1) is 12.0 Å². The molecule has 0 unspecified atom stereocenters. The van der Waals surface area contributed by atoms with Gasteiger partial charge in [-0.25, -0.2) is 0 Å². The van der Waals surface area contributed by atoms with Crippen LogP contribution in [0.3, 0.4) is 0 Å². The SMILES string of the molecule is COc1ccc(CNc2cc(C)c([N+](=O)[O-])c(C)c2)cc1. The normalized spacial score (nSPS) is 10.2. The number of benzene rings is 2. The van der Waals surface area contributed by atoms with Crippen molar-refractivity contribution in [3.8, 4) is 5.75 Å². The molecule has 0 saturated carbocycles. The van der Waals surface area contributed by atoms with Crippen LogP contribution in [-0.4, -0.2) is 12.0 Å². The van der Waals surface area contributed by atoms with Gasteiger partial charge >= 0.3 is 0 Å². The molecular formula is C16H18N2O3. The minimum atomic E-state index is -0.335. The molecule has 0 saturated heterocycles. The van der Waals surface area contributed by atoms with E-state index >= 15 is 0 Å². The third kappa shape index (κ3) is 3.51. The second kappa shape index (κ2) is 6.26. The Morgan fingerprint density at radius 3 is 2.19 bits per heavy atom. The summed E-state index contributed by atoms with van der Waals surface area (Å²) >= 11 is 0. The van der Waals surface area contributed by atoms with Crippen molar-refractivity contribution in [3.05, 3.63) is 63.2 Å². The van der Waals surface area contributed by atoms with Gasteiger partial charge in [0.25, 0.3) is 5.69 Å². The van der Waals surface area contributed by atoms with Crippen LogP contribution in [0.5, 0.6) is 5.75 Å². The standard InChI is InChI=1S/C16H18N2O3/c1-11-8-14(9-12(2)16(11)18(19)20)17-10-13-4-6-15(21-3)7-5-13/h4-9,17H,10H2,1-3H3. The van der Waals surface area contributed by atoms with Crippen molar-refractivity contribution in [3.63, 3.8) is 0 Å². The van der Waals surface area contributed by atoms with Crippen LogP contribution in [0.2, 0.25) is 0 Å². The highest BCUT2D eigenvalue weighted by molar-refractivity contribution is 5.58. The van der Waals surface area contributed by atoms with E-state index in [2.05, 4.69) is 5.32 Å². The molecule has 0 heterocycles. The van der Waals surface area contributed by atoms with Crippen molar-refractivity contribution >= 4 is 11.4 Å². The smallest absolute Gasteiger partial charge is 0.275 e. The van der Waals surface area contributed by atoms with Gasteiger partial charge in [0.1, 0.15) is 5.75 Å². The van der Waals surface area contributed by atoms with Crippen LogP contribution >= 0.6 is 0 Å². The quantitative estimate of drug-likeness (QED) is 0.670. The number of methoxy groups -OCH3 is 1. The van der Waals surface area contributed by atoms with Gasteiger partial charge < -0.3 is 10.1 Å². The van der Waals surface area contributed by atoms with Gasteiger partial charge in [0.15, 0.2) is 0 Å². The molecule has 0 aromatic heterocycles. The number of aryl methyl sites for hydroxylation is 2. The third-order valence-electron chi connectivity index (χ3n) is 3.33. The summed E-state index contributed by atoms with van der Waals surface area (Å²) in [7, 11) is 1.63. The van der Waals surface area contributed by atoms with E-state index in [0.29, 0.717) is 17.7 Å². The lowest BCUT2D eigenvalue weighted by atomic mass is 10.1. The fourth-order valence-electron chi connectivity index (χ4n) is 2.29. The Hall–Kier alpha value is -2.56. The van der Waals surface area contributed by atoms with Gasteiger partial charge in [-0.15, -0.1) is 0 Å². The first-order valence-electron chi connectivity index (χ1n) is 6.63. The van der Waals surface area contributed by atoms with E-state index in [1.807, 2.05) is 24.3 Å². The van der Waals surface area contributed by atoms with Crippen molar-refractivity contribution in [1.29, 1.82) is 0 Å². The van der Waals surface area contributed by atoms with Crippen molar-refractivity contribution in [2.24, 2.45) is 0 Å². The van der Waals surface area contributed by atoms with Crippen LogP contribution < -0.4 is 10.1 Å². The lowest BCUT2D eigenvalue weighted by molar-refractivity contribution is -0.386. The van der Waals surface area contributed by atoms with Crippen molar-refractivity contribution in [1.82, 2.24) is 0 Å². The van der Waals surface area contributed by atoms with E-state index in [9.17, 15) is 10.1 Å². The highest BCUT2D eigenvalue weighted by Gasteiger charge is 2.15. The van der Waals surface area contributed by atoms with E-state index < -0.39 is 0 Å². The molecule has 0 atom stereocenters. The molecule has 0 bridgehead atoms. The number of nitrogens with zero attached hydrogens (tertiary/aromatic N) is 1. The van der Waals surface area contributed by atoms with Gasteiger partial charge in [-0.2, -0.15) is 0 Å². The van der Waals surface area contributed by atoms with Crippen LogP contribution in [0.1, 0.15) is 16.7 Å². The average Bonchev–Trinajstić information content (AvgIpc) is 2.44. The Balaban J connectivity index is 2.11. The maximum absolute atomic E-state index is 11.0. The molecule has 2 aromatic rings. The van der Waals surface area contributed by atoms with Crippen molar-refractivity contribution < 1.29 is 9.66 Å². The minimum absolute atomic E-state index is 0.185. The summed E-state index contributed by atoms with van der Waals surface area (Å²) in [5.74, 6) is 0.820. The largest absolute Gasteiger partial charge is 0.497 e. The first-order chi connectivity index (χ1) is 10.0. The lowest BCUT2D eigenvalue weighted by Gasteiger charge is -2.10. The Bertz CT molecular complexity index is 628. The summed E-state index contributed by atoms with van der Waals surface area (Å²) in [6.07, 6.45) is 0. The molecule has 2 rings (SSSR count). The third-order valence-corrected chi connectivity index (χ3v) is 3.33. The number of hydrogen-bond donors (Lipinski definition) is 1. The number of anilines is 1. The molecule has 110 valence electrons. The van der Waals surface area contributed by atoms with Crippen LogP contribution in [0.15, 0.2) is 36.4 Å². The average molecular weight is 286 g/mol. The molecule has 5 heteroatoms. The number of hydrogen-bond acceptors (Lipinski definition) is 4. The summed E-state index contributed by atoms with van der Waals surface area (Å²) < 4.78 is 5.11. The fraction of sp³-hybridized carbons (Fsp3) is 0.250. The predicted molar refractivity (Wildman–Crippen MR) is 82.9 cm³/mol. The predicted octanol–water partition coefficient (Wildman–Crippen LogP) is 3.83. The highest BCUT2D eigenvalue weighted by Crippen LogP contribution is 2.27. The first kappa shape index (κ1) is 14.8. The number of nitrogens with one attached hydrogen (secondary N) is 1. The summed E-state index contributed by atoms with van der Waals surface area (Å²) in [5.41, 5.74) is 3.51. The highest BCUT2D eigenvalue weighted by atomic mass is 16.6. The maximum Gasteiger partial charge on any atom is 0.275 e. The Labute approximate surface area is 123 Å². The molecule has 0 spiro atoms. The summed E-state index contributed by atoms with van der Waals surface area (Å²) in [4.78, 5) is 10.6. The molecule has 0 amide bonds. The second-order valence-corrected chi connectivity index (χ2v) is 4.92. The molecule has 0 aliphatic heterocycles. The zero-order valence-electron chi connectivity index (χ0n) is 12.3. The monoisotopic (exact) mass is 286 g/mol. The second-order valence-electron chi connectivity index (χ2n) is 4.92. The zero-order valence-corrected chi connectivity index (χ0v) is 12.3. The number of nitro groups is 1. The van der Waals surface area contributed by atoms with Gasteiger partial charge in [0.2, 0.25) is 0 Å². The maximum atomic E-state index is 11.0. The van der Waals surface area contributed by atoms with Crippen LogP contribution in [-0.2, 0) is 6.54 Å². The Morgan fingerprint density at radius 1 is 1.14 bits per heavy atom. The van der Waals surface area contributed by atoms with Gasteiger partial charge in [-0.05, 0) is 43.7 Å². The number of nitro benzene ring substituents is 1. The van der Waals surface area contributed by atoms with E-state index in [1.54, 1.807) is 33.1 Å². The molecule has 0 fully saturated rings. The van der Waals surface area contributed by atoms with E-state index in [0.717, 1.165) is 17.0 Å². The van der Waals surface area contributed by atoms with E-state index in [4.69, 9.17) is 4.74 Å². The summed E-state index contributed by atoms with van der Waals surface area (Å²) in [5, 5.41) is 14.2. The molecule has 1 N–H and O–H groups in total. The summed E-state index contributed by atoms with van der Waals surface area (Å²) in [6, 6.07) is 11.4. The first-order valence-corrected chi connectivity index (χ1v) is 6.63. The topological polar surface area (TPSA) is 64.4 Å². The molecule has 21 heavy (non-hydrogen) atoms.